The predicted octanol–water partition coefficient (Wildman–Crippen LogP) is 2.79. The highest BCUT2D eigenvalue weighted by molar-refractivity contribution is 8.02. The molecule has 1 N–H and O–H groups in total. The Bertz CT molecular complexity index is 798. The Kier molecular flexibility index (Phi) is 4.04. The predicted molar refractivity (Wildman–Crippen MR) is 83.6 cm³/mol. The van der Waals surface area contributed by atoms with Crippen LogP contribution < -0.4 is 5.56 Å². The molecular weight excluding hydrogens is 312 g/mol. The largest absolute Gasteiger partial charge is 0.309 e. The highest BCUT2D eigenvalue weighted by Gasteiger charge is 2.07. The maximum Gasteiger partial charge on any atom is 0.258 e. The minimum atomic E-state index is -0.103. The first-order valence-electron chi connectivity index (χ1n) is 5.74. The van der Waals surface area contributed by atoms with Crippen molar-refractivity contribution in [1.29, 1.82) is 0 Å². The average molecular weight is 322 g/mol. The lowest BCUT2D eigenvalue weighted by Crippen LogP contribution is -2.11. The fraction of sp³-hybridized carbons (Fsp3) is 0.167. The zero-order chi connectivity index (χ0) is 13.9. The van der Waals surface area contributed by atoms with Gasteiger partial charge in [0.15, 0.2) is 8.68 Å². The number of fused-ring (bicyclic) bond motifs is 1. The van der Waals surface area contributed by atoms with Crippen LogP contribution in [0.3, 0.4) is 0 Å². The third kappa shape index (κ3) is 2.87. The highest BCUT2D eigenvalue weighted by atomic mass is 32.2. The fourth-order valence-electron chi connectivity index (χ4n) is 1.67. The molecule has 8 heteroatoms. The standard InChI is InChI=1S/C12H10N4OS3/c1-18-11-15-16-12(20-11)19-6-9-13-8-5-3-2-4-7(8)10(17)14-9/h2-5H,6H2,1H3,(H,13,14,17). The Morgan fingerprint density at radius 2 is 2.05 bits per heavy atom. The van der Waals surface area contributed by atoms with Gasteiger partial charge in [0.1, 0.15) is 5.82 Å². The zero-order valence-corrected chi connectivity index (χ0v) is 12.9. The molecule has 0 aliphatic heterocycles. The van der Waals surface area contributed by atoms with Crippen LogP contribution in [0.5, 0.6) is 0 Å². The van der Waals surface area contributed by atoms with Crippen LogP contribution in [0.2, 0.25) is 0 Å². The van der Waals surface area contributed by atoms with E-state index in [4.69, 9.17) is 0 Å². The van der Waals surface area contributed by atoms with Gasteiger partial charge >= 0.3 is 0 Å². The van der Waals surface area contributed by atoms with E-state index in [2.05, 4.69) is 20.2 Å². The Morgan fingerprint density at radius 3 is 2.85 bits per heavy atom. The van der Waals surface area contributed by atoms with E-state index in [-0.39, 0.29) is 5.56 Å². The summed E-state index contributed by atoms with van der Waals surface area (Å²) in [5.41, 5.74) is 0.613. The zero-order valence-electron chi connectivity index (χ0n) is 10.5. The fourth-order valence-corrected chi connectivity index (χ4v) is 3.98. The molecule has 0 radical (unpaired) electrons. The lowest BCUT2D eigenvalue weighted by Gasteiger charge is -2.01. The van der Waals surface area contributed by atoms with Crippen LogP contribution >= 0.6 is 34.9 Å². The Labute approximate surface area is 127 Å². The second kappa shape index (κ2) is 5.94. The van der Waals surface area contributed by atoms with Crippen LogP contribution in [0.25, 0.3) is 10.9 Å². The number of hydrogen-bond donors (Lipinski definition) is 1. The van der Waals surface area contributed by atoms with Crippen molar-refractivity contribution in [2.75, 3.05) is 6.26 Å². The van der Waals surface area contributed by atoms with E-state index in [0.717, 1.165) is 8.68 Å². The number of nitrogens with one attached hydrogen (secondary N) is 1. The second-order valence-electron chi connectivity index (χ2n) is 3.86. The van der Waals surface area contributed by atoms with Crippen LogP contribution in [0.4, 0.5) is 0 Å². The van der Waals surface area contributed by atoms with Crippen molar-refractivity contribution in [2.24, 2.45) is 0 Å². The van der Waals surface area contributed by atoms with Crippen LogP contribution in [0.1, 0.15) is 5.82 Å². The molecule has 0 saturated heterocycles. The summed E-state index contributed by atoms with van der Waals surface area (Å²) in [4.78, 5) is 19.2. The summed E-state index contributed by atoms with van der Waals surface area (Å²) in [6, 6.07) is 7.32. The van der Waals surface area contributed by atoms with Gasteiger partial charge in [-0.3, -0.25) is 4.79 Å². The number of hydrogen-bond acceptors (Lipinski definition) is 7. The summed E-state index contributed by atoms with van der Waals surface area (Å²) in [6.07, 6.45) is 1.97. The summed E-state index contributed by atoms with van der Waals surface area (Å²) in [6.45, 7) is 0. The van der Waals surface area contributed by atoms with Crippen molar-refractivity contribution >= 4 is 45.8 Å². The van der Waals surface area contributed by atoms with Crippen LogP contribution in [0.15, 0.2) is 37.7 Å². The lowest BCUT2D eigenvalue weighted by atomic mass is 10.2. The maximum atomic E-state index is 11.9. The molecule has 0 aliphatic rings. The van der Waals surface area contributed by atoms with Crippen LogP contribution in [-0.4, -0.2) is 26.4 Å². The summed E-state index contributed by atoms with van der Waals surface area (Å²) < 4.78 is 1.82. The van der Waals surface area contributed by atoms with E-state index in [0.29, 0.717) is 22.5 Å². The normalized spacial score (nSPS) is 11.1. The minimum Gasteiger partial charge on any atom is -0.309 e. The third-order valence-electron chi connectivity index (χ3n) is 2.56. The van der Waals surface area contributed by atoms with Gasteiger partial charge in [-0.1, -0.05) is 47.0 Å². The van der Waals surface area contributed by atoms with Crippen molar-refractivity contribution in [1.82, 2.24) is 20.2 Å². The number of aromatic amines is 1. The van der Waals surface area contributed by atoms with Gasteiger partial charge in [-0.05, 0) is 18.4 Å². The van der Waals surface area contributed by atoms with Crippen molar-refractivity contribution < 1.29 is 0 Å². The number of para-hydroxylation sites is 1. The molecule has 2 heterocycles. The smallest absolute Gasteiger partial charge is 0.258 e. The first-order chi connectivity index (χ1) is 9.76. The molecule has 3 rings (SSSR count). The highest BCUT2D eigenvalue weighted by Crippen LogP contribution is 2.28. The number of aromatic nitrogens is 4. The van der Waals surface area contributed by atoms with Crippen molar-refractivity contribution in [3.05, 3.63) is 40.4 Å². The maximum absolute atomic E-state index is 11.9. The number of nitrogens with zero attached hydrogens (tertiary/aromatic N) is 3. The van der Waals surface area contributed by atoms with Gasteiger partial charge in [-0.2, -0.15) is 0 Å². The molecule has 0 saturated carbocycles. The lowest BCUT2D eigenvalue weighted by molar-refractivity contribution is 0.953. The van der Waals surface area contributed by atoms with E-state index < -0.39 is 0 Å². The first kappa shape index (κ1) is 13.6. The van der Waals surface area contributed by atoms with Crippen molar-refractivity contribution in [3.63, 3.8) is 0 Å². The SMILES string of the molecule is CSc1nnc(SCc2nc3ccccc3c(=O)[nH]2)s1. The number of H-pyrrole nitrogens is 1. The van der Waals surface area contributed by atoms with Gasteiger partial charge < -0.3 is 4.98 Å². The molecule has 0 aliphatic carbocycles. The molecule has 5 nitrogen and oxygen atoms in total. The number of rotatable bonds is 4. The molecule has 0 amide bonds. The Morgan fingerprint density at radius 1 is 1.25 bits per heavy atom. The molecule has 0 spiro atoms. The molecule has 3 aromatic rings. The topological polar surface area (TPSA) is 71.5 Å². The number of benzene rings is 1. The molecular formula is C12H10N4OS3. The Hall–Kier alpha value is -1.38. The van der Waals surface area contributed by atoms with Gasteiger partial charge in [0, 0.05) is 0 Å². The average Bonchev–Trinajstić information content (AvgIpc) is 2.93. The third-order valence-corrected chi connectivity index (χ3v) is 5.60. The monoisotopic (exact) mass is 322 g/mol. The molecule has 102 valence electrons. The van der Waals surface area contributed by atoms with Gasteiger partial charge in [-0.15, -0.1) is 10.2 Å². The molecule has 0 unspecified atom stereocenters. The van der Waals surface area contributed by atoms with Gasteiger partial charge in [0.25, 0.3) is 5.56 Å². The van der Waals surface area contributed by atoms with Crippen LogP contribution in [0, 0.1) is 0 Å². The van der Waals surface area contributed by atoms with Crippen molar-refractivity contribution in [2.45, 2.75) is 14.4 Å². The van der Waals surface area contributed by atoms with E-state index in [9.17, 15) is 4.79 Å². The molecule has 0 atom stereocenters. The second-order valence-corrected chi connectivity index (χ2v) is 7.11. The summed E-state index contributed by atoms with van der Waals surface area (Å²) >= 11 is 4.64. The van der Waals surface area contributed by atoms with E-state index in [1.165, 1.54) is 11.8 Å². The summed E-state index contributed by atoms with van der Waals surface area (Å²) in [5.74, 6) is 1.22. The van der Waals surface area contributed by atoms with Crippen molar-refractivity contribution in [3.8, 4) is 0 Å². The number of thioether (sulfide) groups is 2. The molecule has 0 fully saturated rings. The molecule has 0 bridgehead atoms. The van der Waals surface area contributed by atoms with E-state index >= 15 is 0 Å². The molecule has 20 heavy (non-hydrogen) atoms. The molecule has 2 aromatic heterocycles. The van der Waals surface area contributed by atoms with Gasteiger partial charge in [-0.25, -0.2) is 4.98 Å². The minimum absolute atomic E-state index is 0.103. The quantitative estimate of drug-likeness (QED) is 0.745. The summed E-state index contributed by atoms with van der Waals surface area (Å²) in [5, 5.41) is 8.72. The van der Waals surface area contributed by atoms with E-state index in [1.54, 1.807) is 29.2 Å². The van der Waals surface area contributed by atoms with E-state index in [1.807, 2.05) is 24.5 Å². The van der Waals surface area contributed by atoms with Gasteiger partial charge in [0.05, 0.1) is 16.7 Å². The summed E-state index contributed by atoms with van der Waals surface area (Å²) in [7, 11) is 0. The molecule has 1 aromatic carbocycles. The Balaban J connectivity index is 1.82. The van der Waals surface area contributed by atoms with Gasteiger partial charge in [0.2, 0.25) is 0 Å². The first-order valence-corrected chi connectivity index (χ1v) is 8.77. The van der Waals surface area contributed by atoms with Crippen LogP contribution in [-0.2, 0) is 5.75 Å².